The Bertz CT molecular complexity index is 286. The van der Waals surface area contributed by atoms with E-state index in [1.165, 1.54) is 24.8 Å². The van der Waals surface area contributed by atoms with Crippen LogP contribution >= 0.6 is 11.6 Å². The highest BCUT2D eigenvalue weighted by molar-refractivity contribution is 6.30. The maximum absolute atomic E-state index is 6.05. The van der Waals surface area contributed by atoms with Gasteiger partial charge in [0.1, 0.15) is 0 Å². The van der Waals surface area contributed by atoms with Crippen molar-refractivity contribution in [3.8, 4) is 0 Å². The molecule has 1 rings (SSSR count). The Morgan fingerprint density at radius 1 is 1.33 bits per heavy atom. The minimum Gasteiger partial charge on any atom is -0.327 e. The third-order valence-electron chi connectivity index (χ3n) is 2.57. The minimum absolute atomic E-state index is 0.273. The molecule has 2 heteroatoms. The Hall–Kier alpha value is -0.530. The number of nitrogens with two attached hydrogens (primary N) is 1. The number of unbranched alkanes of at least 4 members (excludes halogenated alkanes) is 2. The lowest BCUT2D eigenvalue weighted by molar-refractivity contribution is 0.557. The first kappa shape index (κ1) is 12.5. The summed E-state index contributed by atoms with van der Waals surface area (Å²) < 4.78 is 0. The number of hydrogen-bond donors (Lipinski definition) is 1. The molecule has 0 radical (unpaired) electrons. The molecular weight excluding hydrogens is 206 g/mol. The van der Waals surface area contributed by atoms with Crippen molar-refractivity contribution in [3.05, 3.63) is 34.9 Å². The molecule has 0 aliphatic carbocycles. The van der Waals surface area contributed by atoms with Gasteiger partial charge in [-0.15, -0.1) is 0 Å². The molecule has 1 unspecified atom stereocenters. The summed E-state index contributed by atoms with van der Waals surface area (Å²) in [6, 6.07) is 8.24. The van der Waals surface area contributed by atoms with Crippen molar-refractivity contribution in [2.24, 2.45) is 5.73 Å². The van der Waals surface area contributed by atoms with Crippen LogP contribution in [-0.2, 0) is 6.42 Å². The van der Waals surface area contributed by atoms with Gasteiger partial charge >= 0.3 is 0 Å². The second-order valence-electron chi connectivity index (χ2n) is 4.09. The van der Waals surface area contributed by atoms with Crippen LogP contribution in [0.15, 0.2) is 24.3 Å². The van der Waals surface area contributed by atoms with Gasteiger partial charge in [-0.3, -0.25) is 0 Å². The van der Waals surface area contributed by atoms with E-state index in [1.54, 1.807) is 0 Å². The molecule has 2 N–H and O–H groups in total. The van der Waals surface area contributed by atoms with E-state index in [4.69, 9.17) is 17.3 Å². The number of hydrogen-bond acceptors (Lipinski definition) is 1. The highest BCUT2D eigenvalue weighted by Crippen LogP contribution is 2.13. The fraction of sp³-hybridized carbons (Fsp3) is 0.538. The second kappa shape index (κ2) is 6.86. The lowest BCUT2D eigenvalue weighted by Gasteiger charge is -2.11. The summed E-state index contributed by atoms with van der Waals surface area (Å²) in [4.78, 5) is 0. The largest absolute Gasteiger partial charge is 0.327 e. The topological polar surface area (TPSA) is 26.0 Å². The summed E-state index contributed by atoms with van der Waals surface area (Å²) in [6.07, 6.45) is 5.82. The van der Waals surface area contributed by atoms with Crippen LogP contribution < -0.4 is 5.73 Å². The van der Waals surface area contributed by atoms with Gasteiger partial charge in [0, 0.05) is 11.1 Å². The Labute approximate surface area is 97.6 Å². The maximum atomic E-state index is 6.05. The van der Waals surface area contributed by atoms with Crippen LogP contribution in [0.25, 0.3) is 0 Å². The predicted molar refractivity (Wildman–Crippen MR) is 67.3 cm³/mol. The van der Waals surface area contributed by atoms with Gasteiger partial charge in [-0.25, -0.2) is 0 Å². The Balaban J connectivity index is 2.34. The van der Waals surface area contributed by atoms with Crippen LogP contribution in [0.3, 0.4) is 0 Å². The van der Waals surface area contributed by atoms with Gasteiger partial charge in [0.05, 0.1) is 0 Å². The van der Waals surface area contributed by atoms with E-state index in [9.17, 15) is 0 Å². The van der Waals surface area contributed by atoms with Gasteiger partial charge in [-0.1, -0.05) is 49.9 Å². The van der Waals surface area contributed by atoms with Crippen molar-refractivity contribution in [1.29, 1.82) is 0 Å². The van der Waals surface area contributed by atoms with Crippen LogP contribution in [0.4, 0.5) is 0 Å². The maximum Gasteiger partial charge on any atom is 0.0408 e. The summed E-state index contributed by atoms with van der Waals surface area (Å²) in [5.41, 5.74) is 7.30. The second-order valence-corrected chi connectivity index (χ2v) is 4.53. The smallest absolute Gasteiger partial charge is 0.0408 e. The average molecular weight is 226 g/mol. The number of benzene rings is 1. The average Bonchev–Trinajstić information content (AvgIpc) is 2.18. The zero-order valence-electron chi connectivity index (χ0n) is 9.38. The molecule has 0 aromatic heterocycles. The molecule has 15 heavy (non-hydrogen) atoms. The molecule has 0 fully saturated rings. The van der Waals surface area contributed by atoms with Crippen LogP contribution in [0.1, 0.15) is 38.2 Å². The van der Waals surface area contributed by atoms with Crippen molar-refractivity contribution in [2.75, 3.05) is 0 Å². The quantitative estimate of drug-likeness (QED) is 0.733. The van der Waals surface area contributed by atoms with Crippen molar-refractivity contribution in [3.63, 3.8) is 0 Å². The van der Waals surface area contributed by atoms with E-state index in [1.807, 2.05) is 18.2 Å². The number of rotatable bonds is 6. The summed E-state index contributed by atoms with van der Waals surface area (Å²) in [7, 11) is 0. The first-order valence-electron chi connectivity index (χ1n) is 5.72. The van der Waals surface area contributed by atoms with E-state index in [0.29, 0.717) is 0 Å². The molecule has 0 saturated heterocycles. The highest BCUT2D eigenvalue weighted by Gasteiger charge is 2.03. The molecule has 1 nitrogen and oxygen atoms in total. The normalized spacial score (nSPS) is 12.7. The first-order valence-corrected chi connectivity index (χ1v) is 6.10. The summed E-state index contributed by atoms with van der Waals surface area (Å²) in [6.45, 7) is 2.21. The molecule has 84 valence electrons. The van der Waals surface area contributed by atoms with Gasteiger partial charge in [0.25, 0.3) is 0 Å². The fourth-order valence-electron chi connectivity index (χ4n) is 1.73. The Morgan fingerprint density at radius 3 is 2.80 bits per heavy atom. The van der Waals surface area contributed by atoms with Gasteiger partial charge < -0.3 is 5.73 Å². The molecule has 1 aromatic rings. The monoisotopic (exact) mass is 225 g/mol. The van der Waals surface area contributed by atoms with Crippen LogP contribution in [0.2, 0.25) is 5.02 Å². The fourth-order valence-corrected chi connectivity index (χ4v) is 1.94. The van der Waals surface area contributed by atoms with Crippen LogP contribution in [-0.4, -0.2) is 6.04 Å². The van der Waals surface area contributed by atoms with Crippen LogP contribution in [0.5, 0.6) is 0 Å². The standard InChI is InChI=1S/C13H20ClN/c1-2-3-4-8-13(15)10-11-6-5-7-12(14)9-11/h5-7,9,13H,2-4,8,10,15H2,1H3. The van der Waals surface area contributed by atoms with Gasteiger partial charge in [0.15, 0.2) is 0 Å². The Kier molecular flexibility index (Phi) is 5.74. The molecule has 1 aromatic carbocycles. The van der Waals surface area contributed by atoms with E-state index in [0.717, 1.165) is 17.9 Å². The Morgan fingerprint density at radius 2 is 2.13 bits per heavy atom. The van der Waals surface area contributed by atoms with Crippen molar-refractivity contribution < 1.29 is 0 Å². The van der Waals surface area contributed by atoms with Crippen molar-refractivity contribution in [1.82, 2.24) is 0 Å². The lowest BCUT2D eigenvalue weighted by atomic mass is 10.0. The highest BCUT2D eigenvalue weighted by atomic mass is 35.5. The molecule has 1 atom stereocenters. The molecule has 0 spiro atoms. The molecule has 0 heterocycles. The molecule has 0 aliphatic heterocycles. The van der Waals surface area contributed by atoms with Gasteiger partial charge in [-0.05, 0) is 30.5 Å². The van der Waals surface area contributed by atoms with E-state index < -0.39 is 0 Å². The summed E-state index contributed by atoms with van der Waals surface area (Å²) >= 11 is 5.91. The third kappa shape index (κ3) is 5.19. The SMILES string of the molecule is CCCCCC(N)Cc1cccc(Cl)c1. The third-order valence-corrected chi connectivity index (χ3v) is 2.80. The van der Waals surface area contributed by atoms with Crippen molar-refractivity contribution in [2.45, 2.75) is 45.1 Å². The zero-order chi connectivity index (χ0) is 11.1. The number of halogens is 1. The summed E-state index contributed by atoms with van der Waals surface area (Å²) in [5.74, 6) is 0. The molecule has 0 bridgehead atoms. The predicted octanol–water partition coefficient (Wildman–Crippen LogP) is 3.79. The molecular formula is C13H20ClN. The van der Waals surface area contributed by atoms with Crippen molar-refractivity contribution >= 4 is 11.6 Å². The van der Waals surface area contributed by atoms with E-state index in [2.05, 4.69) is 13.0 Å². The molecule has 0 amide bonds. The van der Waals surface area contributed by atoms with Gasteiger partial charge in [-0.2, -0.15) is 0 Å². The zero-order valence-corrected chi connectivity index (χ0v) is 10.1. The van der Waals surface area contributed by atoms with E-state index >= 15 is 0 Å². The first-order chi connectivity index (χ1) is 7.22. The van der Waals surface area contributed by atoms with E-state index in [-0.39, 0.29) is 6.04 Å². The molecule has 0 saturated carbocycles. The summed E-state index contributed by atoms with van der Waals surface area (Å²) in [5, 5.41) is 0.799. The lowest BCUT2D eigenvalue weighted by Crippen LogP contribution is -2.22. The molecule has 0 aliphatic rings. The van der Waals surface area contributed by atoms with Crippen LogP contribution in [0, 0.1) is 0 Å². The van der Waals surface area contributed by atoms with Gasteiger partial charge in [0.2, 0.25) is 0 Å². The minimum atomic E-state index is 0.273.